The summed E-state index contributed by atoms with van der Waals surface area (Å²) in [6.07, 6.45) is 4.25. The normalized spacial score (nSPS) is 13.9. The second-order valence-electron chi connectivity index (χ2n) is 9.47. The van der Waals surface area contributed by atoms with Crippen molar-refractivity contribution >= 4 is 36.3 Å². The molecule has 4 heterocycles. The number of ketones is 1. The molecule has 1 aromatic carbocycles. The van der Waals surface area contributed by atoms with Gasteiger partial charge in [0.2, 0.25) is 0 Å². The molecule has 0 unspecified atom stereocenters. The Morgan fingerprint density at radius 3 is 2.23 bits per heavy atom. The molecule has 3 aromatic heterocycles. The van der Waals surface area contributed by atoms with Gasteiger partial charge in [-0.2, -0.15) is 5.10 Å². The van der Waals surface area contributed by atoms with Crippen molar-refractivity contribution in [3.63, 3.8) is 0 Å². The maximum absolute atomic E-state index is 13.8. The molecule has 43 heavy (non-hydrogen) atoms. The molecule has 1 aliphatic heterocycles. The van der Waals surface area contributed by atoms with Gasteiger partial charge < -0.3 is 19.1 Å². The third-order valence-electron chi connectivity index (χ3n) is 7.00. The highest BCUT2D eigenvalue weighted by molar-refractivity contribution is 7.48. The minimum atomic E-state index is -3.92. The van der Waals surface area contributed by atoms with E-state index in [1.807, 2.05) is 6.07 Å². The Bertz CT molecular complexity index is 1700. The van der Waals surface area contributed by atoms with Gasteiger partial charge in [0.1, 0.15) is 30.1 Å². The van der Waals surface area contributed by atoms with Crippen molar-refractivity contribution in [3.8, 4) is 11.6 Å². The number of nitrogens with zero attached hydrogens (tertiary/aromatic N) is 7. The molecule has 16 heteroatoms. The van der Waals surface area contributed by atoms with Gasteiger partial charge in [0.05, 0.1) is 24.3 Å². The smallest absolute Gasteiger partial charge is 0.475 e. The van der Waals surface area contributed by atoms with E-state index < -0.39 is 26.2 Å². The number of ether oxygens (including phenoxy) is 1. The number of amides is 2. The number of aryl methyl sites for hydroxylation is 1. The quantitative estimate of drug-likeness (QED) is 0.147. The molecule has 1 saturated heterocycles. The minimum Gasteiger partial charge on any atom is -0.494 e. The van der Waals surface area contributed by atoms with Crippen molar-refractivity contribution in [2.24, 2.45) is 0 Å². The first-order valence-electron chi connectivity index (χ1n) is 13.2. The van der Waals surface area contributed by atoms with E-state index in [1.54, 1.807) is 36.1 Å². The number of piperazine rings is 1. The maximum Gasteiger partial charge on any atom is 0.475 e. The molecule has 5 rings (SSSR count). The largest absolute Gasteiger partial charge is 0.494 e. The minimum absolute atomic E-state index is 0.00777. The molecule has 0 N–H and O–H groups in total. The zero-order valence-corrected chi connectivity index (χ0v) is 24.9. The van der Waals surface area contributed by atoms with Crippen LogP contribution in [0.25, 0.3) is 16.7 Å². The van der Waals surface area contributed by atoms with Crippen molar-refractivity contribution in [2.45, 2.75) is 13.7 Å². The van der Waals surface area contributed by atoms with Crippen LogP contribution in [0.15, 0.2) is 49.1 Å². The molecular weight excluding hydrogens is 581 g/mol. The fourth-order valence-corrected chi connectivity index (χ4v) is 5.41. The van der Waals surface area contributed by atoms with Crippen LogP contribution in [0.5, 0.6) is 5.75 Å². The number of pyridine rings is 1. The average molecular weight is 612 g/mol. The number of hydrogen-bond acceptors (Lipinski definition) is 11. The SMILES string of the molecule is COc1cnc(-n2cnc(C)n2)c2c1c(C(=O)C(=O)N1CCN(C(=O)c3ccccc3)CC1)cn2COP(=O)(OC)OC. The van der Waals surface area contributed by atoms with E-state index in [0.29, 0.717) is 16.9 Å². The van der Waals surface area contributed by atoms with Crippen LogP contribution >= 0.6 is 7.82 Å². The molecule has 1 fully saturated rings. The third-order valence-corrected chi connectivity index (χ3v) is 8.33. The number of rotatable bonds is 10. The number of Topliss-reactive ketones (excluding diaryl/α,β-unsaturated/α-hetero) is 1. The number of methoxy groups -OCH3 is 1. The van der Waals surface area contributed by atoms with Crippen LogP contribution < -0.4 is 4.74 Å². The summed E-state index contributed by atoms with van der Waals surface area (Å²) in [7, 11) is -0.161. The summed E-state index contributed by atoms with van der Waals surface area (Å²) in [5.41, 5.74) is 0.866. The summed E-state index contributed by atoms with van der Waals surface area (Å²) in [6.45, 7) is 2.21. The molecule has 226 valence electrons. The van der Waals surface area contributed by atoms with Gasteiger partial charge >= 0.3 is 7.82 Å². The molecular formula is C27H30N7O8P. The Hall–Kier alpha value is -4.43. The Balaban J connectivity index is 1.48. The molecule has 0 atom stereocenters. The van der Waals surface area contributed by atoms with Crippen molar-refractivity contribution in [2.75, 3.05) is 47.5 Å². The van der Waals surface area contributed by atoms with E-state index >= 15 is 0 Å². The Labute approximate surface area is 246 Å². The van der Waals surface area contributed by atoms with Gasteiger partial charge in [-0.3, -0.25) is 28.0 Å². The number of fused-ring (bicyclic) bond motifs is 1. The van der Waals surface area contributed by atoms with Crippen molar-refractivity contribution in [1.82, 2.24) is 34.1 Å². The summed E-state index contributed by atoms with van der Waals surface area (Å²) in [6, 6.07) is 8.87. The number of benzene rings is 1. The predicted molar refractivity (Wildman–Crippen MR) is 152 cm³/mol. The van der Waals surface area contributed by atoms with Gasteiger partial charge in [-0.25, -0.2) is 19.2 Å². The fraction of sp³-hybridized carbons (Fsp3) is 0.333. The van der Waals surface area contributed by atoms with Crippen molar-refractivity contribution in [1.29, 1.82) is 0 Å². The molecule has 0 spiro atoms. The number of phosphoric ester groups is 1. The van der Waals surface area contributed by atoms with Gasteiger partial charge in [0.15, 0.2) is 5.82 Å². The first-order chi connectivity index (χ1) is 20.7. The summed E-state index contributed by atoms with van der Waals surface area (Å²) in [5.74, 6) is -0.754. The lowest BCUT2D eigenvalue weighted by molar-refractivity contribution is -0.127. The highest BCUT2D eigenvalue weighted by Gasteiger charge is 2.33. The lowest BCUT2D eigenvalue weighted by Gasteiger charge is -2.34. The van der Waals surface area contributed by atoms with Crippen LogP contribution in [0.3, 0.4) is 0 Å². The number of carbonyl (C=O) groups excluding carboxylic acids is 3. The lowest BCUT2D eigenvalue weighted by Crippen LogP contribution is -2.52. The highest BCUT2D eigenvalue weighted by Crippen LogP contribution is 2.48. The molecule has 0 saturated carbocycles. The van der Waals surface area contributed by atoms with Crippen LogP contribution in [0.4, 0.5) is 0 Å². The number of phosphoric acid groups is 1. The third kappa shape index (κ3) is 5.92. The summed E-state index contributed by atoms with van der Waals surface area (Å²) in [5, 5.41) is 4.60. The summed E-state index contributed by atoms with van der Waals surface area (Å²) >= 11 is 0. The van der Waals surface area contributed by atoms with Crippen LogP contribution in [-0.2, 0) is 29.7 Å². The van der Waals surface area contributed by atoms with Gasteiger partial charge in [-0.1, -0.05) is 18.2 Å². The zero-order valence-electron chi connectivity index (χ0n) is 24.0. The monoisotopic (exact) mass is 611 g/mol. The second-order valence-corrected chi connectivity index (χ2v) is 11.4. The van der Waals surface area contributed by atoms with Gasteiger partial charge in [-0.05, 0) is 19.1 Å². The van der Waals surface area contributed by atoms with E-state index in [4.69, 9.17) is 18.3 Å². The molecule has 0 bridgehead atoms. The van der Waals surface area contributed by atoms with Crippen LogP contribution in [0.1, 0.15) is 26.5 Å². The van der Waals surface area contributed by atoms with E-state index in [-0.39, 0.29) is 54.6 Å². The predicted octanol–water partition coefficient (Wildman–Crippen LogP) is 2.48. The molecule has 2 amide bonds. The lowest BCUT2D eigenvalue weighted by atomic mass is 10.1. The number of hydrogen-bond donors (Lipinski definition) is 0. The zero-order chi connectivity index (χ0) is 30.7. The number of aromatic nitrogens is 5. The number of carbonyl (C=O) groups is 3. The highest BCUT2D eigenvalue weighted by atomic mass is 31.2. The first kappa shape index (κ1) is 30.0. The molecule has 0 aliphatic carbocycles. The van der Waals surface area contributed by atoms with Crippen molar-refractivity contribution < 1.29 is 37.3 Å². The Morgan fingerprint density at radius 1 is 0.953 bits per heavy atom. The van der Waals surface area contributed by atoms with E-state index in [0.717, 1.165) is 0 Å². The van der Waals surface area contributed by atoms with E-state index in [9.17, 15) is 18.9 Å². The Kier molecular flexibility index (Phi) is 8.69. The van der Waals surface area contributed by atoms with Crippen molar-refractivity contribution in [3.05, 3.63) is 66.0 Å². The van der Waals surface area contributed by atoms with Gasteiger partial charge in [-0.15, -0.1) is 0 Å². The average Bonchev–Trinajstić information content (AvgIpc) is 3.66. The molecule has 0 radical (unpaired) electrons. The topological polar surface area (TPSA) is 160 Å². The molecule has 15 nitrogen and oxygen atoms in total. The molecule has 4 aromatic rings. The Morgan fingerprint density at radius 2 is 1.63 bits per heavy atom. The van der Waals surface area contributed by atoms with E-state index in [2.05, 4.69) is 15.1 Å². The summed E-state index contributed by atoms with van der Waals surface area (Å²) in [4.78, 5) is 51.8. The van der Waals surface area contributed by atoms with Gasteiger partial charge in [0, 0.05) is 52.2 Å². The summed E-state index contributed by atoms with van der Waals surface area (Å²) < 4.78 is 36.3. The van der Waals surface area contributed by atoms with Crippen LogP contribution in [0.2, 0.25) is 0 Å². The maximum atomic E-state index is 13.8. The van der Waals surface area contributed by atoms with Crippen LogP contribution in [0, 0.1) is 6.92 Å². The van der Waals surface area contributed by atoms with Gasteiger partial charge in [0.25, 0.3) is 17.6 Å². The molecule has 1 aliphatic rings. The van der Waals surface area contributed by atoms with E-state index in [1.165, 1.54) is 54.2 Å². The first-order valence-corrected chi connectivity index (χ1v) is 14.6. The fourth-order valence-electron chi connectivity index (χ4n) is 4.78. The second kappa shape index (κ2) is 12.4. The van der Waals surface area contributed by atoms with Crippen LogP contribution in [-0.4, -0.2) is 99.2 Å². The standard InChI is InChI=1S/C27H30N7O8P/c1-18-29-16-34(30-18)25-23-22(21(39-2)14-28-25)20(15-33(23)17-42-43(38,40-3)41-4)24(35)27(37)32-12-10-31(11-13-32)26(36)19-8-6-5-7-9-19/h5-9,14-16H,10-13,17H2,1-4H3.